The molecule has 0 radical (unpaired) electrons. The summed E-state index contributed by atoms with van der Waals surface area (Å²) in [6.07, 6.45) is 0. The predicted octanol–water partition coefficient (Wildman–Crippen LogP) is 2.15. The Bertz CT molecular complexity index is 555. The molecular formula is C12H11N3O3. The lowest BCUT2D eigenvalue weighted by Gasteiger charge is -2.05. The zero-order valence-electron chi connectivity index (χ0n) is 9.45. The molecule has 1 aromatic heterocycles. The fourth-order valence-corrected chi connectivity index (χ4v) is 1.40. The highest BCUT2D eigenvalue weighted by atomic mass is 16.6. The van der Waals surface area contributed by atoms with Gasteiger partial charge in [-0.15, -0.1) is 0 Å². The summed E-state index contributed by atoms with van der Waals surface area (Å²) < 4.78 is 5.44. The van der Waals surface area contributed by atoms with E-state index in [1.807, 2.05) is 0 Å². The summed E-state index contributed by atoms with van der Waals surface area (Å²) in [6, 6.07) is 11.1. The zero-order valence-corrected chi connectivity index (χ0v) is 9.45. The van der Waals surface area contributed by atoms with Crippen molar-refractivity contribution >= 4 is 11.5 Å². The number of non-ortho nitro benzene ring substituents is 1. The van der Waals surface area contributed by atoms with Crippen molar-refractivity contribution < 1.29 is 9.66 Å². The third-order valence-corrected chi connectivity index (χ3v) is 2.26. The van der Waals surface area contributed by atoms with E-state index in [-0.39, 0.29) is 12.3 Å². The molecule has 0 saturated carbocycles. The quantitative estimate of drug-likeness (QED) is 0.658. The number of hydrogen-bond donors (Lipinski definition) is 1. The Kier molecular flexibility index (Phi) is 3.38. The molecule has 2 N–H and O–H groups in total. The molecule has 0 aliphatic rings. The number of benzene rings is 1. The summed E-state index contributed by atoms with van der Waals surface area (Å²) in [7, 11) is 0. The Hall–Kier alpha value is -2.63. The van der Waals surface area contributed by atoms with Gasteiger partial charge in [0.2, 0.25) is 0 Å². The van der Waals surface area contributed by atoms with Gasteiger partial charge in [-0.25, -0.2) is 4.98 Å². The van der Waals surface area contributed by atoms with Crippen LogP contribution in [0.3, 0.4) is 0 Å². The molecule has 0 atom stereocenters. The molecule has 0 fully saturated rings. The molecule has 18 heavy (non-hydrogen) atoms. The van der Waals surface area contributed by atoms with E-state index >= 15 is 0 Å². The Labute approximate surface area is 103 Å². The van der Waals surface area contributed by atoms with Crippen molar-refractivity contribution in [2.24, 2.45) is 0 Å². The Morgan fingerprint density at radius 1 is 1.22 bits per heavy atom. The molecule has 0 aliphatic heterocycles. The molecule has 2 aromatic rings. The molecule has 1 heterocycles. The molecular weight excluding hydrogens is 234 g/mol. The zero-order chi connectivity index (χ0) is 13.0. The summed E-state index contributed by atoms with van der Waals surface area (Å²) in [5, 5.41) is 10.5. The minimum atomic E-state index is -0.455. The summed E-state index contributed by atoms with van der Waals surface area (Å²) in [4.78, 5) is 14.1. The number of nitrogens with two attached hydrogens (primary N) is 1. The topological polar surface area (TPSA) is 91.3 Å². The molecule has 0 aliphatic carbocycles. The number of hydrogen-bond acceptors (Lipinski definition) is 5. The van der Waals surface area contributed by atoms with Crippen molar-refractivity contribution in [1.29, 1.82) is 0 Å². The second-order valence-electron chi connectivity index (χ2n) is 3.59. The molecule has 0 spiro atoms. The average molecular weight is 245 g/mol. The second kappa shape index (κ2) is 5.13. The van der Waals surface area contributed by atoms with Crippen LogP contribution < -0.4 is 10.5 Å². The van der Waals surface area contributed by atoms with E-state index in [0.29, 0.717) is 17.3 Å². The normalized spacial score (nSPS) is 10.0. The van der Waals surface area contributed by atoms with Gasteiger partial charge in [0.25, 0.3) is 5.69 Å². The van der Waals surface area contributed by atoms with E-state index in [0.717, 1.165) is 0 Å². The van der Waals surface area contributed by atoms with E-state index in [9.17, 15) is 10.1 Å². The van der Waals surface area contributed by atoms with Crippen LogP contribution in [0.15, 0.2) is 42.5 Å². The molecule has 6 heteroatoms. The standard InChI is InChI=1S/C12H11N3O3/c13-12-3-1-2-9(14-12)8-18-11-6-4-10(5-7-11)15(16)17/h1-7H,8H2,(H2,13,14). The third-order valence-electron chi connectivity index (χ3n) is 2.26. The SMILES string of the molecule is Nc1cccc(COc2ccc([N+](=O)[O-])cc2)n1. The molecule has 0 bridgehead atoms. The molecule has 2 rings (SSSR count). The van der Waals surface area contributed by atoms with Crippen LogP contribution >= 0.6 is 0 Å². The fraction of sp³-hybridized carbons (Fsp3) is 0.0833. The first-order valence-electron chi connectivity index (χ1n) is 5.24. The van der Waals surface area contributed by atoms with Crippen LogP contribution in [0, 0.1) is 10.1 Å². The molecule has 0 saturated heterocycles. The molecule has 1 aromatic carbocycles. The number of anilines is 1. The number of rotatable bonds is 4. The summed E-state index contributed by atoms with van der Waals surface area (Å²) >= 11 is 0. The Balaban J connectivity index is 2.00. The summed E-state index contributed by atoms with van der Waals surface area (Å²) in [6.45, 7) is 0.267. The highest BCUT2D eigenvalue weighted by Gasteiger charge is 2.04. The lowest BCUT2D eigenvalue weighted by Crippen LogP contribution is -2.00. The van der Waals surface area contributed by atoms with E-state index in [1.165, 1.54) is 12.1 Å². The predicted molar refractivity (Wildman–Crippen MR) is 66.1 cm³/mol. The Morgan fingerprint density at radius 3 is 2.56 bits per heavy atom. The molecule has 6 nitrogen and oxygen atoms in total. The van der Waals surface area contributed by atoms with Crippen LogP contribution in [0.25, 0.3) is 0 Å². The molecule has 92 valence electrons. The number of nitrogens with zero attached hydrogens (tertiary/aromatic N) is 2. The van der Waals surface area contributed by atoms with E-state index < -0.39 is 4.92 Å². The smallest absolute Gasteiger partial charge is 0.269 e. The number of nitro groups is 1. The molecule has 0 amide bonds. The fourth-order valence-electron chi connectivity index (χ4n) is 1.40. The first-order chi connectivity index (χ1) is 8.65. The molecule has 0 unspecified atom stereocenters. The van der Waals surface area contributed by atoms with Crippen LogP contribution in [-0.4, -0.2) is 9.91 Å². The van der Waals surface area contributed by atoms with E-state index in [1.54, 1.807) is 30.3 Å². The van der Waals surface area contributed by atoms with Crippen molar-refractivity contribution in [3.05, 3.63) is 58.3 Å². The monoisotopic (exact) mass is 245 g/mol. The number of nitrogen functional groups attached to an aromatic ring is 1. The van der Waals surface area contributed by atoms with Gasteiger partial charge in [-0.1, -0.05) is 6.07 Å². The number of pyridine rings is 1. The first-order valence-corrected chi connectivity index (χ1v) is 5.24. The van der Waals surface area contributed by atoms with Crippen molar-refractivity contribution in [3.8, 4) is 5.75 Å². The van der Waals surface area contributed by atoms with E-state index in [2.05, 4.69) is 4.98 Å². The van der Waals surface area contributed by atoms with Crippen molar-refractivity contribution in [2.75, 3.05) is 5.73 Å². The highest BCUT2D eigenvalue weighted by molar-refractivity contribution is 5.36. The number of nitro benzene ring substituents is 1. The van der Waals surface area contributed by atoms with Gasteiger partial charge >= 0.3 is 0 Å². The van der Waals surface area contributed by atoms with Crippen LogP contribution in [0.5, 0.6) is 5.75 Å². The van der Waals surface area contributed by atoms with Gasteiger partial charge in [0, 0.05) is 12.1 Å². The van der Waals surface area contributed by atoms with Gasteiger partial charge in [-0.3, -0.25) is 10.1 Å². The van der Waals surface area contributed by atoms with Crippen molar-refractivity contribution in [3.63, 3.8) is 0 Å². The average Bonchev–Trinajstić information content (AvgIpc) is 2.37. The minimum Gasteiger partial charge on any atom is -0.487 e. The maximum Gasteiger partial charge on any atom is 0.269 e. The van der Waals surface area contributed by atoms with Gasteiger partial charge in [0.1, 0.15) is 18.2 Å². The third kappa shape index (κ3) is 2.94. The summed E-state index contributed by atoms with van der Waals surface area (Å²) in [5.74, 6) is 0.977. The lowest BCUT2D eigenvalue weighted by molar-refractivity contribution is -0.384. The first kappa shape index (κ1) is 11.8. The van der Waals surface area contributed by atoms with Crippen LogP contribution in [0.2, 0.25) is 0 Å². The van der Waals surface area contributed by atoms with Gasteiger partial charge < -0.3 is 10.5 Å². The van der Waals surface area contributed by atoms with Gasteiger partial charge in [0.05, 0.1) is 10.6 Å². The maximum absolute atomic E-state index is 10.5. The van der Waals surface area contributed by atoms with E-state index in [4.69, 9.17) is 10.5 Å². The van der Waals surface area contributed by atoms with Crippen molar-refractivity contribution in [2.45, 2.75) is 6.61 Å². The van der Waals surface area contributed by atoms with Crippen molar-refractivity contribution in [1.82, 2.24) is 4.98 Å². The maximum atomic E-state index is 10.5. The van der Waals surface area contributed by atoms with Gasteiger partial charge in [-0.2, -0.15) is 0 Å². The van der Waals surface area contributed by atoms with Crippen LogP contribution in [-0.2, 0) is 6.61 Å². The summed E-state index contributed by atoms with van der Waals surface area (Å²) in [5.41, 5.74) is 6.27. The van der Waals surface area contributed by atoms with Crippen LogP contribution in [0.1, 0.15) is 5.69 Å². The van der Waals surface area contributed by atoms with Gasteiger partial charge in [0.15, 0.2) is 0 Å². The Morgan fingerprint density at radius 2 is 1.94 bits per heavy atom. The largest absolute Gasteiger partial charge is 0.487 e. The lowest BCUT2D eigenvalue weighted by atomic mass is 10.3. The number of ether oxygens (including phenoxy) is 1. The van der Waals surface area contributed by atoms with Gasteiger partial charge in [-0.05, 0) is 24.3 Å². The second-order valence-corrected chi connectivity index (χ2v) is 3.59. The number of aromatic nitrogens is 1. The highest BCUT2D eigenvalue weighted by Crippen LogP contribution is 2.18. The van der Waals surface area contributed by atoms with Crippen LogP contribution in [0.4, 0.5) is 11.5 Å². The minimum absolute atomic E-state index is 0.0319.